The number of benzene rings is 1. The fraction of sp³-hybridized carbons (Fsp3) is 0.286. The van der Waals surface area contributed by atoms with Crippen molar-refractivity contribution in [3.05, 3.63) is 41.2 Å². The van der Waals surface area contributed by atoms with Gasteiger partial charge in [-0.25, -0.2) is 4.98 Å². The molecule has 19 heavy (non-hydrogen) atoms. The van der Waals surface area contributed by atoms with Gasteiger partial charge in [0.15, 0.2) is 4.34 Å². The molecule has 0 atom stereocenters. The number of aliphatic hydroxyl groups is 1. The Morgan fingerprint density at radius 3 is 2.74 bits per heavy atom. The highest BCUT2D eigenvalue weighted by Crippen LogP contribution is 2.24. The molecule has 1 aromatic heterocycles. The van der Waals surface area contributed by atoms with Gasteiger partial charge in [0, 0.05) is 17.7 Å². The Kier molecular flexibility index (Phi) is 5.40. The van der Waals surface area contributed by atoms with E-state index in [9.17, 15) is 0 Å². The van der Waals surface area contributed by atoms with Crippen LogP contribution in [0.1, 0.15) is 23.9 Å². The molecular weight excluding hydrogens is 276 g/mol. The molecule has 2 rings (SSSR count). The van der Waals surface area contributed by atoms with Crippen LogP contribution in [0.3, 0.4) is 0 Å². The van der Waals surface area contributed by atoms with Crippen molar-refractivity contribution in [2.24, 2.45) is 0 Å². The second-order valence-electron chi connectivity index (χ2n) is 3.78. The zero-order valence-corrected chi connectivity index (χ0v) is 12.2. The molecule has 0 amide bonds. The van der Waals surface area contributed by atoms with Crippen molar-refractivity contribution in [2.45, 2.75) is 23.4 Å². The number of nitrogens with zero attached hydrogens (tertiary/aromatic N) is 2. The molecule has 5 heteroatoms. The van der Waals surface area contributed by atoms with Crippen molar-refractivity contribution in [1.82, 2.24) is 9.36 Å². The standard InChI is InChI=1S/C14H14N2OS2/c1-2-13-15-14(19-16-13)18-10-12-7-5-11(6-8-12)4-3-9-17/h5-8,17H,2,9-10H2,1H3. The molecule has 0 fully saturated rings. The SMILES string of the molecule is CCc1nsc(SCc2ccc(C#CCO)cc2)n1. The summed E-state index contributed by atoms with van der Waals surface area (Å²) in [5.74, 6) is 7.31. The molecule has 0 spiro atoms. The fourth-order valence-corrected chi connectivity index (χ4v) is 3.06. The highest BCUT2D eigenvalue weighted by Gasteiger charge is 2.03. The summed E-state index contributed by atoms with van der Waals surface area (Å²) >= 11 is 3.16. The summed E-state index contributed by atoms with van der Waals surface area (Å²) < 4.78 is 5.28. The quantitative estimate of drug-likeness (QED) is 0.695. The van der Waals surface area contributed by atoms with Crippen LogP contribution < -0.4 is 0 Å². The summed E-state index contributed by atoms with van der Waals surface area (Å²) in [7, 11) is 0. The molecule has 0 aliphatic rings. The summed E-state index contributed by atoms with van der Waals surface area (Å²) in [6.07, 6.45) is 0.884. The van der Waals surface area contributed by atoms with E-state index >= 15 is 0 Å². The van der Waals surface area contributed by atoms with Crippen molar-refractivity contribution >= 4 is 23.3 Å². The van der Waals surface area contributed by atoms with Crippen LogP contribution in [-0.4, -0.2) is 21.1 Å². The predicted molar refractivity (Wildman–Crippen MR) is 79.3 cm³/mol. The number of aryl methyl sites for hydroxylation is 1. The van der Waals surface area contributed by atoms with Crippen molar-refractivity contribution in [3.63, 3.8) is 0 Å². The highest BCUT2D eigenvalue weighted by molar-refractivity contribution is 8.00. The van der Waals surface area contributed by atoms with Crippen LogP contribution in [0, 0.1) is 11.8 Å². The monoisotopic (exact) mass is 290 g/mol. The minimum absolute atomic E-state index is 0.103. The minimum Gasteiger partial charge on any atom is -0.384 e. The normalized spacial score (nSPS) is 10.0. The van der Waals surface area contributed by atoms with E-state index in [0.717, 1.165) is 27.9 Å². The third kappa shape index (κ3) is 4.35. The van der Waals surface area contributed by atoms with Crippen LogP contribution in [0.4, 0.5) is 0 Å². The van der Waals surface area contributed by atoms with E-state index in [1.54, 1.807) is 11.8 Å². The Bertz CT molecular complexity index is 581. The Labute approximate surface area is 121 Å². The lowest BCUT2D eigenvalue weighted by Gasteiger charge is -1.98. The maximum atomic E-state index is 8.63. The summed E-state index contributed by atoms with van der Waals surface area (Å²) in [6, 6.07) is 8.04. The summed E-state index contributed by atoms with van der Waals surface area (Å²) in [5.41, 5.74) is 2.15. The lowest BCUT2D eigenvalue weighted by atomic mass is 10.1. The number of rotatable bonds is 4. The number of thioether (sulfide) groups is 1. The van der Waals surface area contributed by atoms with E-state index in [4.69, 9.17) is 5.11 Å². The van der Waals surface area contributed by atoms with Gasteiger partial charge in [0.05, 0.1) is 0 Å². The van der Waals surface area contributed by atoms with Crippen molar-refractivity contribution < 1.29 is 5.11 Å². The highest BCUT2D eigenvalue weighted by atomic mass is 32.2. The Hall–Kier alpha value is -1.35. The zero-order chi connectivity index (χ0) is 13.5. The van der Waals surface area contributed by atoms with Crippen LogP contribution in [0.2, 0.25) is 0 Å². The van der Waals surface area contributed by atoms with Crippen LogP contribution in [0.5, 0.6) is 0 Å². The Morgan fingerprint density at radius 1 is 1.32 bits per heavy atom. The third-order valence-electron chi connectivity index (χ3n) is 2.39. The Morgan fingerprint density at radius 2 is 2.11 bits per heavy atom. The number of hydrogen-bond donors (Lipinski definition) is 1. The van der Waals surface area contributed by atoms with Gasteiger partial charge < -0.3 is 5.11 Å². The first kappa shape index (κ1) is 14.1. The molecule has 0 aliphatic heterocycles. The van der Waals surface area contributed by atoms with Gasteiger partial charge >= 0.3 is 0 Å². The van der Waals surface area contributed by atoms with E-state index in [-0.39, 0.29) is 6.61 Å². The van der Waals surface area contributed by atoms with Gasteiger partial charge in [0.1, 0.15) is 12.4 Å². The first-order valence-corrected chi connectivity index (χ1v) is 7.71. The van der Waals surface area contributed by atoms with Gasteiger partial charge in [-0.05, 0) is 29.2 Å². The van der Waals surface area contributed by atoms with E-state index in [1.807, 2.05) is 12.1 Å². The molecule has 0 unspecified atom stereocenters. The molecular formula is C14H14N2OS2. The maximum absolute atomic E-state index is 8.63. The first-order chi connectivity index (χ1) is 9.31. The van der Waals surface area contributed by atoms with Crippen LogP contribution in [-0.2, 0) is 12.2 Å². The van der Waals surface area contributed by atoms with Gasteiger partial charge in [-0.2, -0.15) is 4.37 Å². The molecule has 0 bridgehead atoms. The number of aromatic nitrogens is 2. The summed E-state index contributed by atoms with van der Waals surface area (Å²) in [5, 5.41) is 8.63. The van der Waals surface area contributed by atoms with E-state index in [0.29, 0.717) is 0 Å². The minimum atomic E-state index is -0.103. The largest absolute Gasteiger partial charge is 0.384 e. The zero-order valence-electron chi connectivity index (χ0n) is 10.6. The molecule has 0 radical (unpaired) electrons. The maximum Gasteiger partial charge on any atom is 0.170 e. The van der Waals surface area contributed by atoms with E-state index in [1.165, 1.54) is 17.1 Å². The van der Waals surface area contributed by atoms with Crippen molar-refractivity contribution in [3.8, 4) is 11.8 Å². The average Bonchev–Trinajstić information content (AvgIpc) is 2.92. The average molecular weight is 290 g/mol. The second-order valence-corrected chi connectivity index (χ2v) is 5.75. The molecule has 98 valence electrons. The molecule has 1 heterocycles. The van der Waals surface area contributed by atoms with Gasteiger partial charge in [-0.1, -0.05) is 42.7 Å². The molecule has 0 saturated heterocycles. The first-order valence-electron chi connectivity index (χ1n) is 5.96. The lowest BCUT2D eigenvalue weighted by Crippen LogP contribution is -1.83. The van der Waals surface area contributed by atoms with E-state index < -0.39 is 0 Å². The molecule has 1 aromatic carbocycles. The Balaban J connectivity index is 1.92. The fourth-order valence-electron chi connectivity index (χ4n) is 1.41. The molecule has 0 aliphatic carbocycles. The van der Waals surface area contributed by atoms with Gasteiger partial charge in [-0.3, -0.25) is 0 Å². The van der Waals surface area contributed by atoms with Gasteiger partial charge in [-0.15, -0.1) is 0 Å². The number of hydrogen-bond acceptors (Lipinski definition) is 5. The summed E-state index contributed by atoms with van der Waals surface area (Å²) in [4.78, 5) is 4.42. The van der Waals surface area contributed by atoms with Crippen molar-refractivity contribution in [1.29, 1.82) is 0 Å². The van der Waals surface area contributed by atoms with E-state index in [2.05, 4.69) is 40.3 Å². The lowest BCUT2D eigenvalue weighted by molar-refractivity contribution is 0.350. The van der Waals surface area contributed by atoms with Crippen LogP contribution >= 0.6 is 23.3 Å². The topological polar surface area (TPSA) is 46.0 Å². The van der Waals surface area contributed by atoms with Crippen LogP contribution in [0.15, 0.2) is 28.6 Å². The smallest absolute Gasteiger partial charge is 0.170 e. The predicted octanol–water partition coefficient (Wildman–Crippen LogP) is 2.74. The van der Waals surface area contributed by atoms with Crippen molar-refractivity contribution in [2.75, 3.05) is 6.61 Å². The molecule has 3 nitrogen and oxygen atoms in total. The number of aliphatic hydroxyl groups excluding tert-OH is 1. The molecule has 0 saturated carbocycles. The molecule has 2 aromatic rings. The second kappa shape index (κ2) is 7.29. The van der Waals surface area contributed by atoms with Gasteiger partial charge in [0.25, 0.3) is 0 Å². The summed E-state index contributed by atoms with van der Waals surface area (Å²) in [6.45, 7) is 1.96. The van der Waals surface area contributed by atoms with Crippen LogP contribution in [0.25, 0.3) is 0 Å². The molecule has 1 N–H and O–H groups in total. The third-order valence-corrected chi connectivity index (χ3v) is 4.34. The van der Waals surface area contributed by atoms with Gasteiger partial charge in [0.2, 0.25) is 0 Å².